The van der Waals surface area contributed by atoms with Crippen LogP contribution in [0.25, 0.3) is 0 Å². The van der Waals surface area contributed by atoms with E-state index in [0.29, 0.717) is 24.4 Å². The van der Waals surface area contributed by atoms with Crippen molar-refractivity contribution in [3.8, 4) is 0 Å². The molecule has 1 amide bonds. The highest BCUT2D eigenvalue weighted by Crippen LogP contribution is 2.40. The molecule has 8 nitrogen and oxygen atoms in total. The van der Waals surface area contributed by atoms with Gasteiger partial charge in [-0.05, 0) is 18.8 Å². The molecule has 2 rings (SSSR count). The van der Waals surface area contributed by atoms with E-state index in [1.165, 1.54) is 18.3 Å². The van der Waals surface area contributed by atoms with Gasteiger partial charge in [-0.1, -0.05) is 20.3 Å². The summed E-state index contributed by atoms with van der Waals surface area (Å²) >= 11 is 1.34. The van der Waals surface area contributed by atoms with E-state index >= 15 is 0 Å². The molecule has 168 valence electrons. The van der Waals surface area contributed by atoms with Crippen LogP contribution < -0.4 is 5.32 Å². The van der Waals surface area contributed by atoms with Gasteiger partial charge in [0.25, 0.3) is 0 Å². The number of carboxylic acids is 1. The van der Waals surface area contributed by atoms with Gasteiger partial charge >= 0.3 is 11.9 Å². The first-order valence-corrected chi connectivity index (χ1v) is 11.1. The topological polar surface area (TPSA) is 109 Å². The number of ether oxygens (including phenoxy) is 1. The van der Waals surface area contributed by atoms with Gasteiger partial charge in [0.15, 0.2) is 0 Å². The van der Waals surface area contributed by atoms with E-state index in [-0.39, 0.29) is 31.2 Å². The molecule has 1 aliphatic rings. The largest absolute Gasteiger partial charge is 0.480 e. The van der Waals surface area contributed by atoms with Gasteiger partial charge in [0, 0.05) is 43.9 Å². The van der Waals surface area contributed by atoms with Crippen molar-refractivity contribution in [2.75, 3.05) is 13.1 Å². The predicted octanol–water partition coefficient (Wildman–Crippen LogP) is 2.56. The molecular weight excluding hydrogens is 413 g/mol. The molecule has 1 aromatic heterocycles. The van der Waals surface area contributed by atoms with Gasteiger partial charge in [0.1, 0.15) is 12.1 Å². The number of rotatable bonds is 11. The Bertz CT molecular complexity index is 717. The lowest BCUT2D eigenvalue weighted by molar-refractivity contribution is -0.165. The van der Waals surface area contributed by atoms with Crippen molar-refractivity contribution >= 4 is 29.2 Å². The van der Waals surface area contributed by atoms with Crippen LogP contribution in [0, 0.1) is 5.92 Å². The summed E-state index contributed by atoms with van der Waals surface area (Å²) in [5.74, 6) is -2.56. The molecule has 0 radical (unpaired) electrons. The number of likely N-dealkylation sites (tertiary alicyclic amines) is 1. The van der Waals surface area contributed by atoms with Crippen LogP contribution in [0.3, 0.4) is 0 Å². The van der Waals surface area contributed by atoms with E-state index in [0.717, 1.165) is 0 Å². The number of hydrogen-bond acceptors (Lipinski definition) is 7. The summed E-state index contributed by atoms with van der Waals surface area (Å²) in [6.07, 6.45) is 1.33. The minimum Gasteiger partial charge on any atom is -0.480 e. The summed E-state index contributed by atoms with van der Waals surface area (Å²) in [4.78, 5) is 42.1. The molecule has 1 aliphatic heterocycles. The first-order valence-electron chi connectivity index (χ1n) is 10.2. The summed E-state index contributed by atoms with van der Waals surface area (Å²) in [6.45, 7) is 5.76. The second-order valence-corrected chi connectivity index (χ2v) is 8.48. The molecule has 5 atom stereocenters. The van der Waals surface area contributed by atoms with E-state index < -0.39 is 36.3 Å². The number of thiazole rings is 1. The highest BCUT2D eigenvalue weighted by atomic mass is 32.1. The summed E-state index contributed by atoms with van der Waals surface area (Å²) in [5, 5.41) is 15.0. The summed E-state index contributed by atoms with van der Waals surface area (Å²) in [5.41, 5.74) is 0. The van der Waals surface area contributed by atoms with E-state index in [2.05, 4.69) is 10.3 Å². The normalized spacial score (nSPS) is 23.7. The molecule has 1 saturated heterocycles. The van der Waals surface area contributed by atoms with Crippen LogP contribution in [0.1, 0.15) is 57.4 Å². The molecule has 2 N–H and O–H groups in total. The van der Waals surface area contributed by atoms with Gasteiger partial charge in [-0.25, -0.2) is 9.37 Å². The molecule has 0 spiro atoms. The number of esters is 1. The first kappa shape index (κ1) is 24.2. The average molecular weight is 444 g/mol. The van der Waals surface area contributed by atoms with Crippen molar-refractivity contribution in [2.45, 2.75) is 70.8 Å². The maximum absolute atomic E-state index is 14.1. The van der Waals surface area contributed by atoms with E-state index in [1.54, 1.807) is 23.4 Å². The minimum absolute atomic E-state index is 0.0714. The van der Waals surface area contributed by atoms with E-state index in [1.807, 2.05) is 6.92 Å². The number of aliphatic carboxylic acids is 1. The summed E-state index contributed by atoms with van der Waals surface area (Å²) in [7, 11) is 0. The van der Waals surface area contributed by atoms with Crippen LogP contribution in [-0.4, -0.2) is 64.4 Å². The molecule has 2 heterocycles. The molecule has 0 aromatic carbocycles. The Morgan fingerprint density at radius 3 is 2.70 bits per heavy atom. The third kappa shape index (κ3) is 6.21. The second kappa shape index (κ2) is 11.4. The molecule has 1 aromatic rings. The number of alkyl halides is 1. The quantitative estimate of drug-likeness (QED) is 0.506. The van der Waals surface area contributed by atoms with Gasteiger partial charge in [0.05, 0.1) is 5.01 Å². The number of carboxylic acid groups (broad SMARTS) is 1. The Balaban J connectivity index is 2.32. The van der Waals surface area contributed by atoms with Gasteiger partial charge in [-0.15, -0.1) is 11.3 Å². The number of aromatic nitrogens is 1. The predicted molar refractivity (Wildman–Crippen MR) is 110 cm³/mol. The molecule has 0 aliphatic carbocycles. The number of amides is 1. The lowest BCUT2D eigenvalue weighted by Crippen LogP contribution is -2.49. The zero-order valence-electron chi connectivity index (χ0n) is 17.5. The lowest BCUT2D eigenvalue weighted by atomic mass is 9.99. The molecule has 10 heteroatoms. The molecule has 2 unspecified atom stereocenters. The van der Waals surface area contributed by atoms with Gasteiger partial charge in [-0.2, -0.15) is 0 Å². The van der Waals surface area contributed by atoms with Gasteiger partial charge in [0.2, 0.25) is 12.3 Å². The number of nitrogens with one attached hydrogen (secondary N) is 1. The maximum atomic E-state index is 14.1. The Kier molecular flexibility index (Phi) is 9.16. The van der Waals surface area contributed by atoms with Crippen LogP contribution in [0.2, 0.25) is 0 Å². The van der Waals surface area contributed by atoms with Crippen molar-refractivity contribution in [1.82, 2.24) is 15.2 Å². The molecule has 0 saturated carbocycles. The SMILES string of the molecule is CCCC(F)OC(=O)[C@H]1[C@H](c2nccs2)C[C@H](C(=O)O)N1CC(CC)CNC(C)=O. The maximum Gasteiger partial charge on any atom is 0.326 e. The van der Waals surface area contributed by atoms with Crippen LogP contribution in [0.4, 0.5) is 4.39 Å². The van der Waals surface area contributed by atoms with E-state index in [4.69, 9.17) is 4.74 Å². The van der Waals surface area contributed by atoms with Crippen molar-refractivity contribution in [3.05, 3.63) is 16.6 Å². The standard InChI is InChI=1S/C20H30FN3O5S/c1-4-6-16(21)29-20(28)17-14(18-22-7-8-30-18)9-15(19(26)27)24(17)11-13(5-2)10-23-12(3)25/h7-8,13-17H,4-6,9-11H2,1-3H3,(H,23,25)(H,26,27)/t13?,14-,15-,16?,17-/m1/s1. The number of halogens is 1. The monoisotopic (exact) mass is 443 g/mol. The van der Waals surface area contributed by atoms with Crippen LogP contribution in [0.15, 0.2) is 11.6 Å². The second-order valence-electron chi connectivity index (χ2n) is 7.56. The Hall–Kier alpha value is -2.07. The van der Waals surface area contributed by atoms with Crippen LogP contribution >= 0.6 is 11.3 Å². The summed E-state index contributed by atoms with van der Waals surface area (Å²) in [6, 6.07) is -1.87. The lowest BCUT2D eigenvalue weighted by Gasteiger charge is -2.31. The van der Waals surface area contributed by atoms with E-state index in [9.17, 15) is 23.9 Å². The zero-order valence-corrected chi connectivity index (χ0v) is 18.4. The van der Waals surface area contributed by atoms with Gasteiger partial charge < -0.3 is 15.2 Å². The van der Waals surface area contributed by atoms with Gasteiger partial charge in [-0.3, -0.25) is 19.3 Å². The molecule has 30 heavy (non-hydrogen) atoms. The number of carbonyl (C=O) groups excluding carboxylic acids is 2. The number of nitrogens with zero attached hydrogens (tertiary/aromatic N) is 2. The fraction of sp³-hybridized carbons (Fsp3) is 0.700. The Morgan fingerprint density at radius 2 is 2.17 bits per heavy atom. The minimum atomic E-state index is -1.73. The third-order valence-corrected chi connectivity index (χ3v) is 6.26. The highest BCUT2D eigenvalue weighted by molar-refractivity contribution is 7.09. The van der Waals surface area contributed by atoms with Crippen molar-refractivity contribution < 1.29 is 28.6 Å². The fourth-order valence-corrected chi connectivity index (χ4v) is 4.56. The van der Waals surface area contributed by atoms with Crippen molar-refractivity contribution in [1.29, 1.82) is 0 Å². The Labute approximate surface area is 179 Å². The number of hydrogen-bond donors (Lipinski definition) is 2. The zero-order chi connectivity index (χ0) is 22.3. The molecule has 0 bridgehead atoms. The molecule has 1 fully saturated rings. The highest BCUT2D eigenvalue weighted by Gasteiger charge is 2.51. The van der Waals surface area contributed by atoms with Crippen molar-refractivity contribution in [2.24, 2.45) is 5.92 Å². The molecular formula is C20H30FN3O5S. The van der Waals surface area contributed by atoms with Crippen LogP contribution in [-0.2, 0) is 19.1 Å². The first-order chi connectivity index (χ1) is 14.3. The number of carbonyl (C=O) groups is 3. The van der Waals surface area contributed by atoms with Crippen molar-refractivity contribution in [3.63, 3.8) is 0 Å². The van der Waals surface area contributed by atoms with Crippen LogP contribution in [0.5, 0.6) is 0 Å². The Morgan fingerprint density at radius 1 is 1.43 bits per heavy atom. The smallest absolute Gasteiger partial charge is 0.326 e. The fourth-order valence-electron chi connectivity index (χ4n) is 3.77. The summed E-state index contributed by atoms with van der Waals surface area (Å²) < 4.78 is 19.1. The average Bonchev–Trinajstić information content (AvgIpc) is 3.32. The third-order valence-electron chi connectivity index (χ3n) is 5.36.